The highest BCUT2D eigenvalue weighted by Crippen LogP contribution is 2.34. The maximum Gasteiger partial charge on any atom is 0.224 e. The summed E-state index contributed by atoms with van der Waals surface area (Å²) in [5.41, 5.74) is 0.628. The molecule has 0 aliphatic carbocycles. The summed E-state index contributed by atoms with van der Waals surface area (Å²) in [4.78, 5) is 8.23. The van der Waals surface area contributed by atoms with Gasteiger partial charge in [0.1, 0.15) is 25.9 Å². The maximum absolute atomic E-state index is 14.2. The molecule has 2 N–H and O–H groups in total. The Morgan fingerprint density at radius 3 is 2.67 bits per heavy atom. The van der Waals surface area contributed by atoms with Crippen molar-refractivity contribution in [2.75, 3.05) is 37.0 Å². The molecule has 0 amide bonds. The lowest BCUT2D eigenvalue weighted by molar-refractivity contribution is 0.0996. The molecule has 0 spiro atoms. The highest BCUT2D eigenvalue weighted by molar-refractivity contribution is 5.62. The van der Waals surface area contributed by atoms with Gasteiger partial charge < -0.3 is 29.6 Å². The van der Waals surface area contributed by atoms with Crippen LogP contribution in [0.2, 0.25) is 0 Å². The van der Waals surface area contributed by atoms with E-state index in [0.29, 0.717) is 49.3 Å². The molecule has 30 heavy (non-hydrogen) atoms. The number of nitrogens with zero attached hydrogens (tertiary/aromatic N) is 2. The summed E-state index contributed by atoms with van der Waals surface area (Å²) in [7, 11) is 0. The first kappa shape index (κ1) is 18.3. The predicted octanol–water partition coefficient (Wildman–Crippen LogP) is 3.38. The van der Waals surface area contributed by atoms with Crippen molar-refractivity contribution >= 4 is 17.5 Å². The lowest BCUT2D eigenvalue weighted by Gasteiger charge is -2.26. The molecule has 8 nitrogen and oxygen atoms in total. The van der Waals surface area contributed by atoms with Crippen molar-refractivity contribution in [3.63, 3.8) is 0 Å². The zero-order valence-electron chi connectivity index (χ0n) is 15.9. The van der Waals surface area contributed by atoms with Crippen LogP contribution in [0, 0.1) is 5.82 Å². The minimum absolute atomic E-state index is 0.0512. The second kappa shape index (κ2) is 7.94. The van der Waals surface area contributed by atoms with Crippen LogP contribution < -0.4 is 29.6 Å². The van der Waals surface area contributed by atoms with Crippen LogP contribution in [0.15, 0.2) is 48.7 Å². The van der Waals surface area contributed by atoms with Crippen LogP contribution in [0.4, 0.5) is 21.8 Å². The van der Waals surface area contributed by atoms with Crippen molar-refractivity contribution in [1.29, 1.82) is 0 Å². The second-order valence-electron chi connectivity index (χ2n) is 6.75. The van der Waals surface area contributed by atoms with Crippen molar-refractivity contribution in [1.82, 2.24) is 9.97 Å². The fourth-order valence-electron chi connectivity index (χ4n) is 3.17. The van der Waals surface area contributed by atoms with E-state index in [1.54, 1.807) is 18.2 Å². The highest BCUT2D eigenvalue weighted by Gasteiger charge is 2.21. The highest BCUT2D eigenvalue weighted by atomic mass is 19.1. The Balaban J connectivity index is 1.25. The molecular formula is C21H19FN4O4. The lowest BCUT2D eigenvalue weighted by Crippen LogP contribution is -2.35. The van der Waals surface area contributed by atoms with Gasteiger partial charge in [-0.05, 0) is 24.3 Å². The SMILES string of the molecule is Fc1cnc(NCC2COc3ccccc3O2)nc1Nc1ccc2c(c1)OCCO2. The lowest BCUT2D eigenvalue weighted by atomic mass is 10.2. The van der Waals surface area contributed by atoms with E-state index in [2.05, 4.69) is 20.6 Å². The summed E-state index contributed by atoms with van der Waals surface area (Å²) in [5, 5.41) is 6.03. The molecule has 0 bridgehead atoms. The van der Waals surface area contributed by atoms with Crippen LogP contribution in [0.25, 0.3) is 0 Å². The summed E-state index contributed by atoms with van der Waals surface area (Å²) in [6.07, 6.45) is 0.895. The molecule has 0 fully saturated rings. The molecule has 5 rings (SSSR count). The van der Waals surface area contributed by atoms with Gasteiger partial charge in [0, 0.05) is 11.8 Å². The zero-order chi connectivity index (χ0) is 20.3. The topological polar surface area (TPSA) is 86.8 Å². The second-order valence-corrected chi connectivity index (χ2v) is 6.75. The molecule has 3 heterocycles. The van der Waals surface area contributed by atoms with Gasteiger partial charge in [0.15, 0.2) is 34.6 Å². The van der Waals surface area contributed by atoms with Crippen molar-refractivity contribution in [2.45, 2.75) is 6.10 Å². The minimum Gasteiger partial charge on any atom is -0.486 e. The summed E-state index contributed by atoms with van der Waals surface area (Å²) in [6.45, 7) is 1.79. The third kappa shape index (κ3) is 3.86. The fourth-order valence-corrected chi connectivity index (χ4v) is 3.17. The molecule has 2 aromatic carbocycles. The Morgan fingerprint density at radius 1 is 0.967 bits per heavy atom. The fraction of sp³-hybridized carbons (Fsp3) is 0.238. The van der Waals surface area contributed by atoms with Crippen LogP contribution in [-0.4, -0.2) is 42.4 Å². The number of halogens is 1. The number of fused-ring (bicyclic) bond motifs is 2. The molecular weight excluding hydrogens is 391 g/mol. The average molecular weight is 410 g/mol. The summed E-state index contributed by atoms with van der Waals surface area (Å²) < 4.78 is 36.9. The van der Waals surface area contributed by atoms with Gasteiger partial charge in [0.25, 0.3) is 0 Å². The van der Waals surface area contributed by atoms with Crippen molar-refractivity contribution in [3.8, 4) is 23.0 Å². The number of aromatic nitrogens is 2. The molecule has 1 aromatic heterocycles. The number of para-hydroxylation sites is 2. The summed E-state index contributed by atoms with van der Waals surface area (Å²) in [6, 6.07) is 12.8. The number of hydrogen-bond acceptors (Lipinski definition) is 8. The van der Waals surface area contributed by atoms with Gasteiger partial charge in [-0.15, -0.1) is 0 Å². The standard InChI is InChI=1S/C21H19FN4O4/c22-15-11-24-21(23-10-14-12-29-16-3-1-2-4-18(16)30-14)26-20(15)25-13-5-6-17-19(9-13)28-8-7-27-17/h1-6,9,11,14H,7-8,10,12H2,(H2,23,24,25,26). The first-order valence-corrected chi connectivity index (χ1v) is 9.56. The quantitative estimate of drug-likeness (QED) is 0.662. The van der Waals surface area contributed by atoms with Gasteiger partial charge in [-0.1, -0.05) is 12.1 Å². The molecule has 0 saturated carbocycles. The van der Waals surface area contributed by atoms with E-state index >= 15 is 0 Å². The van der Waals surface area contributed by atoms with Crippen molar-refractivity contribution in [3.05, 3.63) is 54.5 Å². The first-order chi connectivity index (χ1) is 14.7. The smallest absolute Gasteiger partial charge is 0.224 e. The van der Waals surface area contributed by atoms with Gasteiger partial charge >= 0.3 is 0 Å². The largest absolute Gasteiger partial charge is 0.486 e. The summed E-state index contributed by atoms with van der Waals surface area (Å²) in [5.74, 6) is 2.44. The maximum atomic E-state index is 14.2. The average Bonchev–Trinajstić information content (AvgIpc) is 2.79. The van der Waals surface area contributed by atoms with E-state index in [0.717, 1.165) is 11.9 Å². The molecule has 9 heteroatoms. The van der Waals surface area contributed by atoms with E-state index in [1.165, 1.54) is 0 Å². The van der Waals surface area contributed by atoms with Gasteiger partial charge in [-0.25, -0.2) is 9.37 Å². The van der Waals surface area contributed by atoms with E-state index in [4.69, 9.17) is 18.9 Å². The number of ether oxygens (including phenoxy) is 4. The molecule has 154 valence electrons. The van der Waals surface area contributed by atoms with Gasteiger partial charge in [0.05, 0.1) is 12.7 Å². The normalized spacial score (nSPS) is 16.6. The molecule has 0 radical (unpaired) electrons. The van der Waals surface area contributed by atoms with E-state index < -0.39 is 5.82 Å². The molecule has 2 aliphatic rings. The Labute approximate surface area is 172 Å². The van der Waals surface area contributed by atoms with E-state index in [-0.39, 0.29) is 17.9 Å². The van der Waals surface area contributed by atoms with Crippen molar-refractivity contribution < 1.29 is 23.3 Å². The van der Waals surface area contributed by atoms with Crippen LogP contribution in [-0.2, 0) is 0 Å². The molecule has 1 unspecified atom stereocenters. The number of benzene rings is 2. The number of anilines is 3. The van der Waals surface area contributed by atoms with E-state index in [1.807, 2.05) is 24.3 Å². The predicted molar refractivity (Wildman–Crippen MR) is 108 cm³/mol. The van der Waals surface area contributed by atoms with Crippen LogP contribution in [0.1, 0.15) is 0 Å². The Kier molecular flexibility index (Phi) is 4.84. The molecule has 0 saturated heterocycles. The number of rotatable bonds is 5. The van der Waals surface area contributed by atoms with Gasteiger partial charge in [-0.3, -0.25) is 0 Å². The number of hydrogen-bond donors (Lipinski definition) is 2. The van der Waals surface area contributed by atoms with Crippen LogP contribution in [0.3, 0.4) is 0 Å². The van der Waals surface area contributed by atoms with Crippen molar-refractivity contribution in [2.24, 2.45) is 0 Å². The Morgan fingerprint density at radius 2 is 1.77 bits per heavy atom. The summed E-state index contributed by atoms with van der Waals surface area (Å²) >= 11 is 0. The molecule has 1 atom stereocenters. The zero-order valence-corrected chi connectivity index (χ0v) is 15.9. The number of nitrogens with one attached hydrogen (secondary N) is 2. The van der Waals surface area contributed by atoms with Gasteiger partial charge in [0.2, 0.25) is 5.95 Å². The van der Waals surface area contributed by atoms with E-state index in [9.17, 15) is 4.39 Å². The monoisotopic (exact) mass is 410 g/mol. The first-order valence-electron chi connectivity index (χ1n) is 9.56. The van der Waals surface area contributed by atoms with Gasteiger partial charge in [-0.2, -0.15) is 4.98 Å². The van der Waals surface area contributed by atoms with Crippen LogP contribution in [0.5, 0.6) is 23.0 Å². The third-order valence-corrected chi connectivity index (χ3v) is 4.60. The minimum atomic E-state index is -0.568. The molecule has 3 aromatic rings. The Bertz CT molecular complexity index is 1060. The Hall–Kier alpha value is -3.75. The van der Waals surface area contributed by atoms with Crippen LogP contribution >= 0.6 is 0 Å². The third-order valence-electron chi connectivity index (χ3n) is 4.60. The molecule has 2 aliphatic heterocycles.